The quantitative estimate of drug-likeness (QED) is 0.279. The van der Waals surface area contributed by atoms with Crippen molar-refractivity contribution >= 4 is 49.3 Å². The second-order valence-corrected chi connectivity index (χ2v) is 6.38. The fourth-order valence-electron chi connectivity index (χ4n) is 3.86. The van der Waals surface area contributed by atoms with E-state index in [0.717, 1.165) is 43.9 Å². The SMILES string of the molecule is c1ccc2nc3c(cc2c1)c1cccnc1c1cc2ccccc2n13. The lowest BCUT2D eigenvalue weighted by atomic mass is 10.1. The van der Waals surface area contributed by atoms with E-state index in [1.165, 1.54) is 5.39 Å². The summed E-state index contributed by atoms with van der Waals surface area (Å²) in [5.41, 5.74) is 5.28. The van der Waals surface area contributed by atoms with Crippen LogP contribution in [0.2, 0.25) is 0 Å². The number of benzene rings is 2. The van der Waals surface area contributed by atoms with Crippen LogP contribution in [0.4, 0.5) is 0 Å². The van der Waals surface area contributed by atoms with Gasteiger partial charge in [0, 0.05) is 27.7 Å². The van der Waals surface area contributed by atoms with Gasteiger partial charge in [0.15, 0.2) is 0 Å². The van der Waals surface area contributed by atoms with Gasteiger partial charge in [-0.3, -0.25) is 9.38 Å². The van der Waals surface area contributed by atoms with Gasteiger partial charge < -0.3 is 0 Å². The van der Waals surface area contributed by atoms with Crippen molar-refractivity contribution in [3.8, 4) is 0 Å². The average Bonchev–Trinajstić information content (AvgIpc) is 3.07. The Bertz CT molecular complexity index is 1440. The molecule has 0 saturated heterocycles. The highest BCUT2D eigenvalue weighted by Crippen LogP contribution is 2.33. The summed E-state index contributed by atoms with van der Waals surface area (Å²) in [4.78, 5) is 9.70. The summed E-state index contributed by atoms with van der Waals surface area (Å²) in [5.74, 6) is 0. The van der Waals surface area contributed by atoms with E-state index in [0.29, 0.717) is 0 Å². The number of rotatable bonds is 0. The molecule has 0 bridgehead atoms. The molecule has 6 aromatic rings. The monoisotopic (exact) mass is 319 g/mol. The summed E-state index contributed by atoms with van der Waals surface area (Å²) >= 11 is 0. The third-order valence-corrected chi connectivity index (χ3v) is 4.97. The fraction of sp³-hybridized carbons (Fsp3) is 0. The molecular weight excluding hydrogens is 306 g/mol. The van der Waals surface area contributed by atoms with Crippen molar-refractivity contribution in [2.45, 2.75) is 0 Å². The van der Waals surface area contributed by atoms with Gasteiger partial charge >= 0.3 is 0 Å². The van der Waals surface area contributed by atoms with E-state index in [1.807, 2.05) is 18.3 Å². The third-order valence-electron chi connectivity index (χ3n) is 4.97. The molecule has 0 fully saturated rings. The number of hydrogen-bond acceptors (Lipinski definition) is 2. The molecule has 3 heteroatoms. The van der Waals surface area contributed by atoms with Crippen LogP contribution >= 0.6 is 0 Å². The van der Waals surface area contributed by atoms with Gasteiger partial charge in [0.05, 0.1) is 22.1 Å². The van der Waals surface area contributed by atoms with Gasteiger partial charge in [-0.05, 0) is 30.3 Å². The van der Waals surface area contributed by atoms with Crippen molar-refractivity contribution in [1.82, 2.24) is 14.4 Å². The van der Waals surface area contributed by atoms with Gasteiger partial charge in [-0.15, -0.1) is 0 Å². The summed E-state index contributed by atoms with van der Waals surface area (Å²) < 4.78 is 2.24. The summed E-state index contributed by atoms with van der Waals surface area (Å²) in [7, 11) is 0. The molecule has 0 spiro atoms. The highest BCUT2D eigenvalue weighted by atomic mass is 15.0. The van der Waals surface area contributed by atoms with Crippen LogP contribution in [0.15, 0.2) is 79.0 Å². The molecular formula is C22H13N3. The van der Waals surface area contributed by atoms with E-state index in [4.69, 9.17) is 4.98 Å². The predicted octanol–water partition coefficient (Wildman–Crippen LogP) is 5.34. The minimum atomic E-state index is 0.982. The number of fused-ring (bicyclic) bond motifs is 9. The zero-order chi connectivity index (χ0) is 16.4. The molecule has 0 unspecified atom stereocenters. The third kappa shape index (κ3) is 1.64. The molecule has 0 N–H and O–H groups in total. The van der Waals surface area contributed by atoms with Crippen LogP contribution in [-0.4, -0.2) is 14.4 Å². The maximum Gasteiger partial charge on any atom is 0.146 e. The number of nitrogens with zero attached hydrogens (tertiary/aromatic N) is 3. The first-order chi connectivity index (χ1) is 12.4. The molecule has 6 rings (SSSR count). The van der Waals surface area contributed by atoms with Gasteiger partial charge in [0.25, 0.3) is 0 Å². The van der Waals surface area contributed by atoms with Gasteiger partial charge in [-0.2, -0.15) is 0 Å². The fourth-order valence-corrected chi connectivity index (χ4v) is 3.86. The molecule has 0 saturated carbocycles. The Hall–Kier alpha value is -3.46. The van der Waals surface area contributed by atoms with Crippen molar-refractivity contribution in [3.05, 3.63) is 79.0 Å². The van der Waals surface area contributed by atoms with Crippen LogP contribution in [-0.2, 0) is 0 Å². The lowest BCUT2D eigenvalue weighted by Crippen LogP contribution is -1.95. The van der Waals surface area contributed by atoms with Crippen LogP contribution in [0.5, 0.6) is 0 Å². The maximum absolute atomic E-state index is 5.01. The molecule has 0 amide bonds. The first-order valence-electron chi connectivity index (χ1n) is 8.36. The van der Waals surface area contributed by atoms with E-state index < -0.39 is 0 Å². The van der Waals surface area contributed by atoms with Crippen LogP contribution < -0.4 is 0 Å². The zero-order valence-corrected chi connectivity index (χ0v) is 13.3. The van der Waals surface area contributed by atoms with E-state index in [-0.39, 0.29) is 0 Å². The van der Waals surface area contributed by atoms with Crippen LogP contribution in [0.25, 0.3) is 49.3 Å². The molecule has 116 valence electrons. The smallest absolute Gasteiger partial charge is 0.146 e. The molecule has 2 aromatic carbocycles. The standard InChI is InChI=1S/C22H13N3/c1-3-9-18-14(6-1)12-17-16-8-5-11-23-21(16)20-13-15-7-2-4-10-19(15)25(20)22(17)24-18/h1-13H. The lowest BCUT2D eigenvalue weighted by Gasteiger charge is -2.10. The van der Waals surface area contributed by atoms with E-state index in [9.17, 15) is 0 Å². The van der Waals surface area contributed by atoms with Gasteiger partial charge in [0.2, 0.25) is 0 Å². The summed E-state index contributed by atoms with van der Waals surface area (Å²) in [5, 5.41) is 4.63. The number of hydrogen-bond donors (Lipinski definition) is 0. The number of aromatic nitrogens is 3. The van der Waals surface area contributed by atoms with E-state index >= 15 is 0 Å². The Balaban J connectivity index is 2.03. The van der Waals surface area contributed by atoms with Crippen LogP contribution in [0.1, 0.15) is 0 Å². The summed E-state index contributed by atoms with van der Waals surface area (Å²) in [6.07, 6.45) is 1.86. The van der Waals surface area contributed by atoms with E-state index in [1.54, 1.807) is 0 Å². The van der Waals surface area contributed by atoms with Crippen molar-refractivity contribution < 1.29 is 0 Å². The maximum atomic E-state index is 5.01. The van der Waals surface area contributed by atoms with Crippen molar-refractivity contribution in [2.24, 2.45) is 0 Å². The minimum Gasteiger partial charge on any atom is -0.292 e. The molecule has 0 aliphatic heterocycles. The molecule has 0 aliphatic carbocycles. The van der Waals surface area contributed by atoms with Gasteiger partial charge in [-0.25, -0.2) is 4.98 Å². The van der Waals surface area contributed by atoms with Crippen LogP contribution in [0, 0.1) is 0 Å². The highest BCUT2D eigenvalue weighted by Gasteiger charge is 2.14. The first kappa shape index (κ1) is 12.9. The van der Waals surface area contributed by atoms with Gasteiger partial charge in [0.1, 0.15) is 5.65 Å². The Morgan fingerprint density at radius 1 is 0.680 bits per heavy atom. The molecule has 25 heavy (non-hydrogen) atoms. The van der Waals surface area contributed by atoms with Crippen molar-refractivity contribution in [1.29, 1.82) is 0 Å². The Morgan fingerprint density at radius 3 is 2.48 bits per heavy atom. The molecule has 0 aliphatic rings. The summed E-state index contributed by atoms with van der Waals surface area (Å²) in [6, 6.07) is 25.3. The van der Waals surface area contributed by atoms with Crippen molar-refractivity contribution in [2.75, 3.05) is 0 Å². The lowest BCUT2D eigenvalue weighted by molar-refractivity contribution is 1.26. The molecule has 4 aromatic heterocycles. The van der Waals surface area contributed by atoms with Crippen molar-refractivity contribution in [3.63, 3.8) is 0 Å². The second-order valence-electron chi connectivity index (χ2n) is 6.38. The second kappa shape index (κ2) is 4.54. The van der Waals surface area contributed by atoms with Gasteiger partial charge in [-0.1, -0.05) is 42.5 Å². The average molecular weight is 319 g/mol. The minimum absolute atomic E-state index is 0.982. The molecule has 4 heterocycles. The number of pyridine rings is 3. The normalized spacial score (nSPS) is 12.0. The Morgan fingerprint density at radius 2 is 1.52 bits per heavy atom. The highest BCUT2D eigenvalue weighted by molar-refractivity contribution is 6.15. The largest absolute Gasteiger partial charge is 0.292 e. The number of para-hydroxylation sites is 2. The predicted molar refractivity (Wildman–Crippen MR) is 103 cm³/mol. The molecule has 0 radical (unpaired) electrons. The Labute approximate surface area is 143 Å². The zero-order valence-electron chi connectivity index (χ0n) is 13.3. The van der Waals surface area contributed by atoms with Crippen LogP contribution in [0.3, 0.4) is 0 Å². The first-order valence-corrected chi connectivity index (χ1v) is 8.36. The topological polar surface area (TPSA) is 30.2 Å². The molecule has 0 atom stereocenters. The Kier molecular flexibility index (Phi) is 2.35. The van der Waals surface area contributed by atoms with E-state index in [2.05, 4.69) is 70.0 Å². The molecule has 3 nitrogen and oxygen atoms in total. The summed E-state index contributed by atoms with van der Waals surface area (Å²) in [6.45, 7) is 0.